The maximum absolute atomic E-state index is 12.2. The number of hydrogen-bond acceptors (Lipinski definition) is 6. The van der Waals surface area contributed by atoms with Crippen molar-refractivity contribution in [2.75, 3.05) is 25.6 Å². The molecule has 0 saturated carbocycles. The molecule has 2 aromatic carbocycles. The fourth-order valence-electron chi connectivity index (χ4n) is 2.77. The molecule has 1 atom stereocenters. The molecule has 0 bridgehead atoms. The van der Waals surface area contributed by atoms with Crippen LogP contribution in [0.25, 0.3) is 0 Å². The fourth-order valence-corrected chi connectivity index (χ4v) is 2.97. The third-order valence-corrected chi connectivity index (χ3v) is 4.43. The Balaban J connectivity index is 1.49. The number of nitrogens with one attached hydrogen (secondary N) is 1. The van der Waals surface area contributed by atoms with Crippen LogP contribution < -0.4 is 10.1 Å². The highest BCUT2D eigenvalue weighted by atomic mass is 35.5. The molecule has 0 radical (unpaired) electrons. The van der Waals surface area contributed by atoms with Gasteiger partial charge in [-0.05, 0) is 54.4 Å². The molecule has 1 N–H and O–H groups in total. The van der Waals surface area contributed by atoms with E-state index in [2.05, 4.69) is 10.1 Å². The van der Waals surface area contributed by atoms with Gasteiger partial charge in [0.05, 0.1) is 18.6 Å². The average Bonchev–Trinajstić information content (AvgIpc) is 2.71. The van der Waals surface area contributed by atoms with Crippen molar-refractivity contribution < 1.29 is 28.6 Å². The number of carbonyl (C=O) groups excluding carboxylic acids is 3. The third kappa shape index (κ3) is 4.80. The van der Waals surface area contributed by atoms with Crippen molar-refractivity contribution in [3.8, 4) is 5.75 Å². The van der Waals surface area contributed by atoms with Gasteiger partial charge in [-0.25, -0.2) is 4.79 Å². The van der Waals surface area contributed by atoms with Crippen molar-refractivity contribution in [1.82, 2.24) is 0 Å². The molecule has 146 valence electrons. The normalized spacial score (nSPS) is 15.0. The van der Waals surface area contributed by atoms with Crippen LogP contribution in [0.5, 0.6) is 5.75 Å². The fraction of sp³-hybridized carbons (Fsp3) is 0.250. The van der Waals surface area contributed by atoms with Gasteiger partial charge in [0.25, 0.3) is 5.91 Å². The highest BCUT2D eigenvalue weighted by molar-refractivity contribution is 6.30. The van der Waals surface area contributed by atoms with Crippen molar-refractivity contribution in [1.29, 1.82) is 0 Å². The molecule has 0 fully saturated rings. The monoisotopic (exact) mass is 403 g/mol. The largest absolute Gasteiger partial charge is 0.492 e. The lowest BCUT2D eigenvalue weighted by Gasteiger charge is -2.24. The van der Waals surface area contributed by atoms with Crippen LogP contribution >= 0.6 is 11.6 Å². The van der Waals surface area contributed by atoms with Gasteiger partial charge >= 0.3 is 11.9 Å². The minimum absolute atomic E-state index is 0.185. The Morgan fingerprint density at radius 2 is 1.93 bits per heavy atom. The molecule has 0 spiro atoms. The van der Waals surface area contributed by atoms with Crippen molar-refractivity contribution in [3.63, 3.8) is 0 Å². The number of fused-ring (bicyclic) bond motifs is 1. The lowest BCUT2D eigenvalue weighted by Crippen LogP contribution is -2.32. The van der Waals surface area contributed by atoms with Gasteiger partial charge in [-0.2, -0.15) is 0 Å². The number of hydrogen-bond donors (Lipinski definition) is 1. The maximum Gasteiger partial charge on any atom is 0.337 e. The number of halogens is 1. The summed E-state index contributed by atoms with van der Waals surface area (Å²) >= 11 is 5.97. The Kier molecular flexibility index (Phi) is 6.16. The first-order chi connectivity index (χ1) is 13.5. The molecule has 8 heteroatoms. The van der Waals surface area contributed by atoms with Crippen LogP contribution in [0.15, 0.2) is 42.5 Å². The second kappa shape index (κ2) is 8.75. The van der Waals surface area contributed by atoms with E-state index in [-0.39, 0.29) is 6.61 Å². The predicted molar refractivity (Wildman–Crippen MR) is 102 cm³/mol. The molecular formula is C20H18ClNO6. The summed E-state index contributed by atoms with van der Waals surface area (Å²) < 4.78 is 15.3. The van der Waals surface area contributed by atoms with Crippen LogP contribution in [0.4, 0.5) is 5.69 Å². The van der Waals surface area contributed by atoms with Crippen LogP contribution in [0.3, 0.4) is 0 Å². The third-order valence-electron chi connectivity index (χ3n) is 4.20. The SMILES string of the molecule is COC(=O)c1ccc(NC(=O)COC(=O)[C@@H]2COc3ccc(Cl)cc3C2)cc1. The molecule has 0 unspecified atom stereocenters. The summed E-state index contributed by atoms with van der Waals surface area (Å²) in [5, 5.41) is 3.15. The first-order valence-corrected chi connectivity index (χ1v) is 8.90. The zero-order valence-corrected chi connectivity index (χ0v) is 15.8. The molecule has 28 heavy (non-hydrogen) atoms. The summed E-state index contributed by atoms with van der Waals surface area (Å²) in [4.78, 5) is 35.6. The number of ether oxygens (including phenoxy) is 3. The zero-order chi connectivity index (χ0) is 20.1. The zero-order valence-electron chi connectivity index (χ0n) is 15.1. The molecule has 0 aromatic heterocycles. The van der Waals surface area contributed by atoms with Gasteiger partial charge in [0, 0.05) is 10.7 Å². The van der Waals surface area contributed by atoms with Crippen molar-refractivity contribution in [2.45, 2.75) is 6.42 Å². The van der Waals surface area contributed by atoms with E-state index >= 15 is 0 Å². The molecule has 3 rings (SSSR count). The van der Waals surface area contributed by atoms with Crippen molar-refractivity contribution in [3.05, 3.63) is 58.6 Å². The van der Waals surface area contributed by atoms with Gasteiger partial charge in [-0.3, -0.25) is 9.59 Å². The summed E-state index contributed by atoms with van der Waals surface area (Å²) in [7, 11) is 1.29. The summed E-state index contributed by atoms with van der Waals surface area (Å²) in [5.41, 5.74) is 1.67. The lowest BCUT2D eigenvalue weighted by atomic mass is 9.97. The highest BCUT2D eigenvalue weighted by Gasteiger charge is 2.28. The standard InChI is InChI=1S/C20H18ClNO6/c1-26-19(24)12-2-5-16(6-3-12)22-18(23)11-28-20(25)14-8-13-9-15(21)4-7-17(13)27-10-14/h2-7,9,14H,8,10-11H2,1H3,(H,22,23)/t14-/m0/s1. The number of methoxy groups -OCH3 is 1. The number of carbonyl (C=O) groups is 3. The van der Waals surface area contributed by atoms with E-state index in [1.165, 1.54) is 19.2 Å². The molecule has 1 amide bonds. The van der Waals surface area contributed by atoms with E-state index in [1.807, 2.05) is 0 Å². The molecule has 2 aromatic rings. The molecule has 0 saturated heterocycles. The minimum Gasteiger partial charge on any atom is -0.492 e. The first-order valence-electron chi connectivity index (χ1n) is 8.52. The molecule has 1 aliphatic rings. The molecule has 1 heterocycles. The maximum atomic E-state index is 12.2. The smallest absolute Gasteiger partial charge is 0.337 e. The number of amides is 1. The van der Waals surface area contributed by atoms with Crippen LogP contribution in [0, 0.1) is 5.92 Å². The Labute approximate surface area is 166 Å². The second-order valence-electron chi connectivity index (χ2n) is 6.19. The second-order valence-corrected chi connectivity index (χ2v) is 6.63. The van der Waals surface area contributed by atoms with E-state index in [4.69, 9.17) is 21.1 Å². The van der Waals surface area contributed by atoms with Crippen LogP contribution in [0.2, 0.25) is 5.02 Å². The summed E-state index contributed by atoms with van der Waals surface area (Å²) in [6.07, 6.45) is 0.436. The van der Waals surface area contributed by atoms with Crippen LogP contribution in [-0.4, -0.2) is 38.2 Å². The van der Waals surface area contributed by atoms with Gasteiger partial charge in [0.1, 0.15) is 12.4 Å². The van der Waals surface area contributed by atoms with Gasteiger partial charge in [0.15, 0.2) is 6.61 Å². The van der Waals surface area contributed by atoms with E-state index < -0.39 is 30.4 Å². The minimum atomic E-state index is -0.512. The molecule has 1 aliphatic heterocycles. The summed E-state index contributed by atoms with van der Waals surface area (Å²) in [5.74, 6) is -1.27. The topological polar surface area (TPSA) is 90.9 Å². The van der Waals surface area contributed by atoms with E-state index in [9.17, 15) is 14.4 Å². The van der Waals surface area contributed by atoms with Gasteiger partial charge in [-0.1, -0.05) is 11.6 Å². The van der Waals surface area contributed by atoms with Gasteiger partial charge in [-0.15, -0.1) is 0 Å². The summed E-state index contributed by atoms with van der Waals surface area (Å²) in [6.45, 7) is -0.236. The quantitative estimate of drug-likeness (QED) is 0.772. The molecule has 7 nitrogen and oxygen atoms in total. The Morgan fingerprint density at radius 1 is 1.18 bits per heavy atom. The Morgan fingerprint density at radius 3 is 2.64 bits per heavy atom. The predicted octanol–water partition coefficient (Wildman–Crippen LogP) is 2.86. The van der Waals surface area contributed by atoms with E-state index in [1.54, 1.807) is 30.3 Å². The Hall–Kier alpha value is -3.06. The number of anilines is 1. The average molecular weight is 404 g/mol. The number of rotatable bonds is 5. The van der Waals surface area contributed by atoms with Gasteiger partial charge < -0.3 is 19.5 Å². The number of benzene rings is 2. The first kappa shape index (κ1) is 19.7. The highest BCUT2D eigenvalue weighted by Crippen LogP contribution is 2.30. The Bertz CT molecular complexity index is 896. The van der Waals surface area contributed by atoms with Crippen LogP contribution in [-0.2, 0) is 25.5 Å². The van der Waals surface area contributed by atoms with Gasteiger partial charge in [0.2, 0.25) is 0 Å². The van der Waals surface area contributed by atoms with E-state index in [0.717, 1.165) is 5.56 Å². The van der Waals surface area contributed by atoms with Crippen molar-refractivity contribution in [2.24, 2.45) is 5.92 Å². The molecular weight excluding hydrogens is 386 g/mol. The van der Waals surface area contributed by atoms with Crippen LogP contribution in [0.1, 0.15) is 15.9 Å². The van der Waals surface area contributed by atoms with Crippen molar-refractivity contribution >= 4 is 35.1 Å². The summed E-state index contributed by atoms with van der Waals surface area (Å²) in [6, 6.07) is 11.4. The molecule has 0 aliphatic carbocycles. The lowest BCUT2D eigenvalue weighted by molar-refractivity contribution is -0.152. The number of esters is 2. The van der Waals surface area contributed by atoms with E-state index in [0.29, 0.717) is 28.4 Å².